The smallest absolute Gasteiger partial charge is 0.256 e. The zero-order valence-electron chi connectivity index (χ0n) is 14.3. The van der Waals surface area contributed by atoms with Gasteiger partial charge in [0.15, 0.2) is 10.3 Å². The van der Waals surface area contributed by atoms with E-state index >= 15 is 0 Å². The van der Waals surface area contributed by atoms with Crippen LogP contribution in [0.3, 0.4) is 0 Å². The summed E-state index contributed by atoms with van der Waals surface area (Å²) in [5.74, 6) is 0.757. The van der Waals surface area contributed by atoms with Crippen molar-refractivity contribution in [3.05, 3.63) is 62.8 Å². The van der Waals surface area contributed by atoms with E-state index in [1.807, 2.05) is 36.6 Å². The summed E-state index contributed by atoms with van der Waals surface area (Å²) in [6, 6.07) is 9.88. The van der Waals surface area contributed by atoms with Crippen molar-refractivity contribution in [2.45, 2.75) is 24.7 Å². The highest BCUT2D eigenvalue weighted by atomic mass is 35.5. The highest BCUT2D eigenvalue weighted by Gasteiger charge is 2.22. The van der Waals surface area contributed by atoms with E-state index in [-0.39, 0.29) is 5.56 Å². The van der Waals surface area contributed by atoms with Gasteiger partial charge in [0, 0.05) is 31.6 Å². The molecule has 134 valence electrons. The minimum atomic E-state index is -0.0512. The summed E-state index contributed by atoms with van der Waals surface area (Å²) in [7, 11) is 0. The Morgan fingerprint density at radius 1 is 1.23 bits per heavy atom. The summed E-state index contributed by atoms with van der Waals surface area (Å²) in [5, 5.41) is 1.14. The normalized spacial score (nSPS) is 14.4. The van der Waals surface area contributed by atoms with Gasteiger partial charge in [-0.05, 0) is 6.26 Å². The first-order valence-electron chi connectivity index (χ1n) is 8.32. The summed E-state index contributed by atoms with van der Waals surface area (Å²) in [6.07, 6.45) is 2.66. The molecule has 0 fully saturated rings. The highest BCUT2D eigenvalue weighted by molar-refractivity contribution is 7.98. The van der Waals surface area contributed by atoms with Crippen LogP contribution in [0.5, 0.6) is 0 Å². The van der Waals surface area contributed by atoms with Gasteiger partial charge in [0.05, 0.1) is 17.0 Å². The predicted molar refractivity (Wildman–Crippen MR) is 103 cm³/mol. The number of hydrogen-bond acceptors (Lipinski definition) is 5. The monoisotopic (exact) mass is 387 g/mol. The number of H-pyrrole nitrogens is 2. The number of aromatic nitrogens is 4. The largest absolute Gasteiger partial charge is 0.339 e. The maximum Gasteiger partial charge on any atom is 0.256 e. The molecule has 0 unspecified atom stereocenters. The second-order valence-corrected chi connectivity index (χ2v) is 7.33. The molecule has 1 aliphatic rings. The van der Waals surface area contributed by atoms with E-state index in [4.69, 9.17) is 11.6 Å². The van der Waals surface area contributed by atoms with Gasteiger partial charge >= 0.3 is 0 Å². The molecule has 1 aliphatic heterocycles. The van der Waals surface area contributed by atoms with Crippen molar-refractivity contribution < 1.29 is 0 Å². The van der Waals surface area contributed by atoms with Crippen LogP contribution in [-0.4, -0.2) is 37.6 Å². The van der Waals surface area contributed by atoms with E-state index in [1.54, 1.807) is 0 Å². The first kappa shape index (κ1) is 17.3. The van der Waals surface area contributed by atoms with Gasteiger partial charge in [-0.3, -0.25) is 9.69 Å². The van der Waals surface area contributed by atoms with Crippen molar-refractivity contribution in [3.63, 3.8) is 0 Å². The molecule has 8 heteroatoms. The van der Waals surface area contributed by atoms with Crippen molar-refractivity contribution in [3.8, 4) is 11.4 Å². The highest BCUT2D eigenvalue weighted by Crippen LogP contribution is 2.24. The van der Waals surface area contributed by atoms with Gasteiger partial charge in [0.25, 0.3) is 5.56 Å². The molecule has 0 atom stereocenters. The van der Waals surface area contributed by atoms with E-state index in [2.05, 4.69) is 24.8 Å². The third-order valence-electron chi connectivity index (χ3n) is 4.48. The van der Waals surface area contributed by atoms with Crippen molar-refractivity contribution in [1.82, 2.24) is 24.8 Å². The van der Waals surface area contributed by atoms with Gasteiger partial charge in [-0.25, -0.2) is 9.97 Å². The molecule has 0 aliphatic carbocycles. The number of halogens is 1. The Labute approximate surface area is 160 Å². The van der Waals surface area contributed by atoms with Crippen LogP contribution in [0.1, 0.15) is 17.0 Å². The van der Waals surface area contributed by atoms with Gasteiger partial charge in [-0.15, -0.1) is 0 Å². The fourth-order valence-electron chi connectivity index (χ4n) is 3.14. The molecule has 6 nitrogen and oxygen atoms in total. The topological polar surface area (TPSA) is 77.7 Å². The molecule has 2 aromatic heterocycles. The van der Waals surface area contributed by atoms with Gasteiger partial charge in [-0.1, -0.05) is 53.7 Å². The number of imidazole rings is 1. The molecule has 3 heterocycles. The van der Waals surface area contributed by atoms with E-state index in [0.717, 1.165) is 41.3 Å². The van der Waals surface area contributed by atoms with Gasteiger partial charge in [0.2, 0.25) is 0 Å². The molecule has 0 radical (unpaired) electrons. The van der Waals surface area contributed by atoms with Crippen molar-refractivity contribution in [2.24, 2.45) is 0 Å². The van der Waals surface area contributed by atoms with Crippen LogP contribution < -0.4 is 5.56 Å². The molecule has 1 aromatic carbocycles. The molecule has 0 saturated heterocycles. The molecule has 2 N–H and O–H groups in total. The van der Waals surface area contributed by atoms with Crippen LogP contribution >= 0.6 is 23.4 Å². The molecule has 0 amide bonds. The molecular weight excluding hydrogens is 370 g/mol. The van der Waals surface area contributed by atoms with Crippen LogP contribution in [0, 0.1) is 0 Å². The Morgan fingerprint density at radius 2 is 2.04 bits per heavy atom. The van der Waals surface area contributed by atoms with Crippen LogP contribution in [-0.2, 0) is 19.5 Å². The Balaban J connectivity index is 1.54. The van der Waals surface area contributed by atoms with Gasteiger partial charge < -0.3 is 9.97 Å². The number of rotatable bonds is 4. The molecule has 0 bridgehead atoms. The third-order valence-corrected chi connectivity index (χ3v) is 5.37. The first-order chi connectivity index (χ1) is 12.6. The number of hydrogen-bond donors (Lipinski definition) is 2. The molecular formula is C18H18ClN5OS. The lowest BCUT2D eigenvalue weighted by molar-refractivity contribution is 0.238. The minimum absolute atomic E-state index is 0.0512. The van der Waals surface area contributed by atoms with Crippen molar-refractivity contribution >= 4 is 23.4 Å². The molecule has 0 spiro atoms. The summed E-state index contributed by atoms with van der Waals surface area (Å²) in [4.78, 5) is 29.6. The minimum Gasteiger partial charge on any atom is -0.339 e. The number of fused-ring (bicyclic) bond motifs is 1. The zero-order valence-corrected chi connectivity index (χ0v) is 15.8. The lowest BCUT2D eigenvalue weighted by Gasteiger charge is -2.27. The Morgan fingerprint density at radius 3 is 2.81 bits per heavy atom. The van der Waals surface area contributed by atoms with Crippen LogP contribution in [0.2, 0.25) is 5.15 Å². The van der Waals surface area contributed by atoms with E-state index in [1.165, 1.54) is 11.8 Å². The lowest BCUT2D eigenvalue weighted by Crippen LogP contribution is -2.35. The number of nitrogens with one attached hydrogen (secondary N) is 2. The SMILES string of the molecule is CSc1nc2c(c(=O)[nH]1)CN(Cc1[nH]c(-c3ccccc3)nc1Cl)CC2. The Kier molecular flexibility index (Phi) is 4.84. The lowest BCUT2D eigenvalue weighted by atomic mass is 10.1. The maximum absolute atomic E-state index is 12.3. The summed E-state index contributed by atoms with van der Waals surface area (Å²) in [6.45, 7) is 2.00. The van der Waals surface area contributed by atoms with Crippen molar-refractivity contribution in [1.29, 1.82) is 0 Å². The number of thioether (sulfide) groups is 1. The molecule has 26 heavy (non-hydrogen) atoms. The number of nitrogens with zero attached hydrogens (tertiary/aromatic N) is 3. The summed E-state index contributed by atoms with van der Waals surface area (Å²) in [5.41, 5.74) is 3.45. The second-order valence-electron chi connectivity index (χ2n) is 6.18. The van der Waals surface area contributed by atoms with Crippen LogP contribution in [0.15, 0.2) is 40.3 Å². The van der Waals surface area contributed by atoms with Gasteiger partial charge in [0.1, 0.15) is 5.82 Å². The van der Waals surface area contributed by atoms with Crippen LogP contribution in [0.4, 0.5) is 0 Å². The van der Waals surface area contributed by atoms with Gasteiger partial charge in [-0.2, -0.15) is 0 Å². The first-order valence-corrected chi connectivity index (χ1v) is 9.92. The maximum atomic E-state index is 12.3. The fourth-order valence-corrected chi connectivity index (χ4v) is 3.73. The fraction of sp³-hybridized carbons (Fsp3) is 0.278. The third kappa shape index (κ3) is 3.42. The quantitative estimate of drug-likeness (QED) is 0.531. The second kappa shape index (κ2) is 7.26. The van der Waals surface area contributed by atoms with E-state index < -0.39 is 0 Å². The standard InChI is InChI=1S/C18H18ClN5OS/c1-26-18-21-13-7-8-24(9-12(13)17(25)23-18)10-14-15(19)22-16(20-14)11-5-3-2-4-6-11/h2-6H,7-10H2,1H3,(H,20,22)(H,21,23,25). The zero-order chi connectivity index (χ0) is 18.1. The summed E-state index contributed by atoms with van der Waals surface area (Å²) >= 11 is 7.78. The Bertz CT molecular complexity index is 985. The van der Waals surface area contributed by atoms with E-state index in [0.29, 0.717) is 23.4 Å². The molecule has 0 saturated carbocycles. The van der Waals surface area contributed by atoms with Crippen LogP contribution in [0.25, 0.3) is 11.4 Å². The van der Waals surface area contributed by atoms with E-state index in [9.17, 15) is 4.79 Å². The summed E-state index contributed by atoms with van der Waals surface area (Å²) < 4.78 is 0. The Hall–Kier alpha value is -2.09. The average Bonchev–Trinajstić information content (AvgIpc) is 3.03. The number of aromatic amines is 2. The predicted octanol–water partition coefficient (Wildman–Crippen LogP) is 3.09. The average molecular weight is 388 g/mol. The molecule has 3 aromatic rings. The molecule has 4 rings (SSSR count). The van der Waals surface area contributed by atoms with Crippen molar-refractivity contribution in [2.75, 3.05) is 12.8 Å². The number of benzene rings is 1.